The SMILES string of the molecule is CCOC(=O)C1CCN(C(=NC)NCc2cccc(NC(=O)CC(C)C)c2)CC1.I. The molecule has 7 nitrogen and oxygen atoms in total. The molecule has 1 heterocycles. The molecule has 168 valence electrons. The molecule has 1 aliphatic rings. The number of anilines is 1. The molecule has 1 amide bonds. The Morgan fingerprint density at radius 1 is 1.27 bits per heavy atom. The van der Waals surface area contributed by atoms with E-state index in [1.54, 1.807) is 7.05 Å². The molecule has 0 spiro atoms. The van der Waals surface area contributed by atoms with Crippen molar-refractivity contribution in [2.75, 3.05) is 32.1 Å². The topological polar surface area (TPSA) is 83.0 Å². The maximum Gasteiger partial charge on any atom is 0.309 e. The van der Waals surface area contributed by atoms with Gasteiger partial charge < -0.3 is 20.3 Å². The van der Waals surface area contributed by atoms with Gasteiger partial charge in [0.2, 0.25) is 5.91 Å². The molecule has 0 radical (unpaired) electrons. The van der Waals surface area contributed by atoms with Crippen LogP contribution in [0.4, 0.5) is 5.69 Å². The van der Waals surface area contributed by atoms with Crippen molar-refractivity contribution in [3.63, 3.8) is 0 Å². The molecule has 1 aromatic rings. The van der Waals surface area contributed by atoms with Gasteiger partial charge in [-0.2, -0.15) is 0 Å². The van der Waals surface area contributed by atoms with Crippen LogP contribution in [0.2, 0.25) is 0 Å². The molecule has 2 rings (SSSR count). The number of piperidine rings is 1. The second-order valence-electron chi connectivity index (χ2n) is 7.76. The van der Waals surface area contributed by atoms with Crippen molar-refractivity contribution in [2.24, 2.45) is 16.8 Å². The minimum atomic E-state index is -0.0913. The first-order valence-electron chi connectivity index (χ1n) is 10.4. The Hall–Kier alpha value is -1.84. The number of aliphatic imine (C=N–C) groups is 1. The van der Waals surface area contributed by atoms with E-state index >= 15 is 0 Å². The number of carbonyl (C=O) groups is 2. The third kappa shape index (κ3) is 8.49. The first-order valence-corrected chi connectivity index (χ1v) is 10.4. The lowest BCUT2D eigenvalue weighted by molar-refractivity contribution is -0.149. The number of amides is 1. The Bertz CT molecular complexity index is 716. The van der Waals surface area contributed by atoms with Crippen molar-refractivity contribution < 1.29 is 14.3 Å². The van der Waals surface area contributed by atoms with Crippen LogP contribution in [0.5, 0.6) is 0 Å². The van der Waals surface area contributed by atoms with Gasteiger partial charge in [0, 0.05) is 38.8 Å². The number of benzene rings is 1. The van der Waals surface area contributed by atoms with Gasteiger partial charge in [0.05, 0.1) is 12.5 Å². The maximum atomic E-state index is 12.0. The van der Waals surface area contributed by atoms with Crippen LogP contribution in [0.15, 0.2) is 29.3 Å². The van der Waals surface area contributed by atoms with Crippen LogP contribution in [0.1, 0.15) is 45.6 Å². The van der Waals surface area contributed by atoms with E-state index in [0.717, 1.165) is 43.1 Å². The number of nitrogens with one attached hydrogen (secondary N) is 2. The summed E-state index contributed by atoms with van der Waals surface area (Å²) >= 11 is 0. The number of hydrogen-bond acceptors (Lipinski definition) is 4. The van der Waals surface area contributed by atoms with Gasteiger partial charge in [0.15, 0.2) is 5.96 Å². The van der Waals surface area contributed by atoms with Crippen molar-refractivity contribution in [1.82, 2.24) is 10.2 Å². The number of esters is 1. The van der Waals surface area contributed by atoms with Gasteiger partial charge >= 0.3 is 5.97 Å². The molecule has 30 heavy (non-hydrogen) atoms. The fourth-order valence-electron chi connectivity index (χ4n) is 3.44. The molecule has 1 aromatic carbocycles. The molecule has 0 saturated carbocycles. The molecule has 0 aliphatic carbocycles. The molecule has 0 unspecified atom stereocenters. The quantitative estimate of drug-likeness (QED) is 0.244. The highest BCUT2D eigenvalue weighted by atomic mass is 127. The van der Waals surface area contributed by atoms with Gasteiger partial charge in [0.1, 0.15) is 0 Å². The molecule has 1 aliphatic heterocycles. The Morgan fingerprint density at radius 2 is 1.97 bits per heavy atom. The molecule has 0 bridgehead atoms. The molecule has 0 atom stereocenters. The number of likely N-dealkylation sites (tertiary alicyclic amines) is 1. The fourth-order valence-corrected chi connectivity index (χ4v) is 3.44. The highest BCUT2D eigenvalue weighted by Gasteiger charge is 2.27. The van der Waals surface area contributed by atoms with Crippen LogP contribution in [-0.4, -0.2) is 49.5 Å². The summed E-state index contributed by atoms with van der Waals surface area (Å²) in [5.74, 6) is 1.07. The summed E-state index contributed by atoms with van der Waals surface area (Å²) in [4.78, 5) is 30.4. The predicted molar refractivity (Wildman–Crippen MR) is 131 cm³/mol. The van der Waals surface area contributed by atoms with Crippen LogP contribution >= 0.6 is 24.0 Å². The lowest BCUT2D eigenvalue weighted by Gasteiger charge is -2.33. The number of guanidine groups is 1. The van der Waals surface area contributed by atoms with Crippen molar-refractivity contribution in [3.05, 3.63) is 29.8 Å². The van der Waals surface area contributed by atoms with Gasteiger partial charge in [-0.1, -0.05) is 26.0 Å². The first kappa shape index (κ1) is 26.2. The summed E-state index contributed by atoms with van der Waals surface area (Å²) in [6, 6.07) is 7.84. The highest BCUT2D eigenvalue weighted by Crippen LogP contribution is 2.19. The largest absolute Gasteiger partial charge is 0.466 e. The van der Waals surface area contributed by atoms with E-state index in [1.807, 2.05) is 45.0 Å². The third-order valence-corrected chi connectivity index (χ3v) is 4.88. The molecule has 1 saturated heterocycles. The smallest absolute Gasteiger partial charge is 0.309 e. The molecule has 1 fully saturated rings. The summed E-state index contributed by atoms with van der Waals surface area (Å²) < 4.78 is 5.14. The number of ether oxygens (including phenoxy) is 1. The molecule has 0 aromatic heterocycles. The van der Waals surface area contributed by atoms with Crippen molar-refractivity contribution in [1.29, 1.82) is 0 Å². The van der Waals surface area contributed by atoms with E-state index in [9.17, 15) is 9.59 Å². The van der Waals surface area contributed by atoms with E-state index in [-0.39, 0.29) is 41.8 Å². The van der Waals surface area contributed by atoms with Gasteiger partial charge in [-0.25, -0.2) is 0 Å². The summed E-state index contributed by atoms with van der Waals surface area (Å²) in [6.45, 7) is 8.48. The van der Waals surface area contributed by atoms with Crippen LogP contribution in [-0.2, 0) is 20.9 Å². The molecule has 8 heteroatoms. The van der Waals surface area contributed by atoms with E-state index in [2.05, 4.69) is 20.5 Å². The first-order chi connectivity index (χ1) is 13.9. The predicted octanol–water partition coefficient (Wildman–Crippen LogP) is 3.64. The zero-order valence-electron chi connectivity index (χ0n) is 18.4. The minimum Gasteiger partial charge on any atom is -0.466 e. The summed E-state index contributed by atoms with van der Waals surface area (Å²) in [6.07, 6.45) is 2.06. The normalized spacial score (nSPS) is 14.8. The average Bonchev–Trinajstić information content (AvgIpc) is 2.68. The number of nitrogens with zero attached hydrogens (tertiary/aromatic N) is 2. The van der Waals surface area contributed by atoms with Gasteiger partial charge in [-0.05, 0) is 43.4 Å². The third-order valence-electron chi connectivity index (χ3n) is 4.88. The zero-order chi connectivity index (χ0) is 21.2. The lowest BCUT2D eigenvalue weighted by Crippen LogP contribution is -2.46. The number of hydrogen-bond donors (Lipinski definition) is 2. The Kier molecular flexibility index (Phi) is 11.8. The fraction of sp³-hybridized carbons (Fsp3) is 0.591. The van der Waals surface area contributed by atoms with Crippen LogP contribution in [0.3, 0.4) is 0 Å². The monoisotopic (exact) mass is 530 g/mol. The van der Waals surface area contributed by atoms with Crippen LogP contribution < -0.4 is 10.6 Å². The number of carbonyl (C=O) groups excluding carboxylic acids is 2. The molecule has 2 N–H and O–H groups in total. The number of rotatable bonds is 7. The highest BCUT2D eigenvalue weighted by molar-refractivity contribution is 14.0. The van der Waals surface area contributed by atoms with Crippen molar-refractivity contribution >= 4 is 47.5 Å². The molecular formula is C22H35IN4O3. The Labute approximate surface area is 197 Å². The standard InChI is InChI=1S/C22H34N4O3.HI/c1-5-29-21(28)18-9-11-26(12-10-18)22(23-4)24-15-17-7-6-8-19(14-17)25-20(27)13-16(2)3;/h6-8,14,16,18H,5,9-13,15H2,1-4H3,(H,23,24)(H,25,27);1H. The Balaban J connectivity index is 0.00000450. The minimum absolute atomic E-state index is 0. The molecular weight excluding hydrogens is 495 g/mol. The summed E-state index contributed by atoms with van der Waals surface area (Å²) in [7, 11) is 1.77. The zero-order valence-corrected chi connectivity index (χ0v) is 20.8. The van der Waals surface area contributed by atoms with Crippen LogP contribution in [0, 0.1) is 11.8 Å². The van der Waals surface area contributed by atoms with E-state index in [1.165, 1.54) is 0 Å². The van der Waals surface area contributed by atoms with E-state index < -0.39 is 0 Å². The summed E-state index contributed by atoms with van der Waals surface area (Å²) in [5, 5.41) is 6.34. The van der Waals surface area contributed by atoms with Crippen LogP contribution in [0.25, 0.3) is 0 Å². The lowest BCUT2D eigenvalue weighted by atomic mass is 9.97. The van der Waals surface area contributed by atoms with E-state index in [0.29, 0.717) is 25.5 Å². The maximum absolute atomic E-state index is 12.0. The van der Waals surface area contributed by atoms with Crippen molar-refractivity contribution in [3.8, 4) is 0 Å². The van der Waals surface area contributed by atoms with Gasteiger partial charge in [-0.15, -0.1) is 24.0 Å². The van der Waals surface area contributed by atoms with E-state index in [4.69, 9.17) is 4.74 Å². The van der Waals surface area contributed by atoms with Gasteiger partial charge in [0.25, 0.3) is 0 Å². The Morgan fingerprint density at radius 3 is 2.57 bits per heavy atom. The summed E-state index contributed by atoms with van der Waals surface area (Å²) in [5.41, 5.74) is 1.87. The van der Waals surface area contributed by atoms with Crippen molar-refractivity contribution in [2.45, 2.75) is 46.6 Å². The average molecular weight is 530 g/mol. The van der Waals surface area contributed by atoms with Gasteiger partial charge in [-0.3, -0.25) is 14.6 Å². The second-order valence-corrected chi connectivity index (χ2v) is 7.76. The number of halogens is 1. The second kappa shape index (κ2) is 13.5.